The highest BCUT2D eigenvalue weighted by molar-refractivity contribution is 5.79. The zero-order valence-corrected chi connectivity index (χ0v) is 13.6. The van der Waals surface area contributed by atoms with Crippen LogP contribution in [0.4, 0.5) is 13.2 Å². The van der Waals surface area contributed by atoms with Gasteiger partial charge in [0.25, 0.3) is 0 Å². The van der Waals surface area contributed by atoms with Crippen LogP contribution in [0, 0.1) is 0 Å². The number of hydrogen-bond donors (Lipinski definition) is 1. The summed E-state index contributed by atoms with van der Waals surface area (Å²) < 4.78 is 40.8. The van der Waals surface area contributed by atoms with Gasteiger partial charge >= 0.3 is 6.18 Å². The fraction of sp³-hybridized carbons (Fsp3) is 0.412. The Morgan fingerprint density at radius 3 is 2.62 bits per heavy atom. The first-order chi connectivity index (χ1) is 11.3. The van der Waals surface area contributed by atoms with Crippen LogP contribution in [-0.2, 0) is 24.4 Å². The van der Waals surface area contributed by atoms with E-state index >= 15 is 0 Å². The number of aryl methyl sites for hydroxylation is 1. The Balaban J connectivity index is 2.14. The van der Waals surface area contributed by atoms with Crippen LogP contribution >= 0.6 is 0 Å². The number of nitrogens with one attached hydrogen (secondary N) is 1. The molecule has 0 aliphatic carbocycles. The lowest BCUT2D eigenvalue weighted by Gasteiger charge is -2.19. The highest BCUT2D eigenvalue weighted by Crippen LogP contribution is 2.32. The number of rotatable bonds is 6. The van der Waals surface area contributed by atoms with Gasteiger partial charge in [-0.1, -0.05) is 31.5 Å². The number of alkyl halides is 3. The van der Waals surface area contributed by atoms with Gasteiger partial charge in [0.2, 0.25) is 5.91 Å². The second-order valence-corrected chi connectivity index (χ2v) is 5.64. The molecule has 1 amide bonds. The minimum atomic E-state index is -4.47. The van der Waals surface area contributed by atoms with Crippen molar-refractivity contribution in [2.45, 2.75) is 38.4 Å². The van der Waals surface area contributed by atoms with Crippen molar-refractivity contribution < 1.29 is 18.0 Å². The predicted octanol–water partition coefficient (Wildman–Crippen LogP) is 3.64. The van der Waals surface area contributed by atoms with Gasteiger partial charge in [-0.3, -0.25) is 4.79 Å². The summed E-state index contributed by atoms with van der Waals surface area (Å²) in [6, 6.07) is 4.82. The maximum Gasteiger partial charge on any atom is 0.416 e. The van der Waals surface area contributed by atoms with Gasteiger partial charge < -0.3 is 9.88 Å². The number of nitrogens with zero attached hydrogens (tertiary/aromatic N) is 2. The van der Waals surface area contributed by atoms with Crippen molar-refractivity contribution in [3.05, 3.63) is 53.6 Å². The van der Waals surface area contributed by atoms with Gasteiger partial charge in [-0.15, -0.1) is 0 Å². The summed E-state index contributed by atoms with van der Waals surface area (Å²) in [6.07, 6.45) is 0.0837. The normalized spacial score (nSPS) is 12.9. The van der Waals surface area contributed by atoms with Gasteiger partial charge in [-0.05, 0) is 18.1 Å². The molecule has 0 aliphatic rings. The lowest BCUT2D eigenvalue weighted by molar-refractivity contribution is -0.138. The van der Waals surface area contributed by atoms with E-state index in [0.717, 1.165) is 12.5 Å². The van der Waals surface area contributed by atoms with E-state index in [2.05, 4.69) is 10.3 Å². The number of imidazole rings is 1. The Labute approximate surface area is 138 Å². The average molecular weight is 339 g/mol. The number of hydrogen-bond acceptors (Lipinski definition) is 2. The fourth-order valence-corrected chi connectivity index (χ4v) is 2.64. The van der Waals surface area contributed by atoms with E-state index in [0.29, 0.717) is 12.2 Å². The fourth-order valence-electron chi connectivity index (χ4n) is 2.64. The third-order valence-corrected chi connectivity index (χ3v) is 3.76. The molecule has 130 valence electrons. The SMILES string of the molecule is CCCC(NC(=O)Cc1ccccc1C(F)(F)F)c1nccn1C. The number of aromatic nitrogens is 2. The molecule has 7 heteroatoms. The first-order valence-electron chi connectivity index (χ1n) is 7.74. The van der Waals surface area contributed by atoms with Crippen LogP contribution in [0.1, 0.15) is 42.8 Å². The zero-order valence-electron chi connectivity index (χ0n) is 13.6. The first-order valence-corrected chi connectivity index (χ1v) is 7.74. The third kappa shape index (κ3) is 4.37. The highest BCUT2D eigenvalue weighted by atomic mass is 19.4. The number of carbonyl (C=O) groups is 1. The Morgan fingerprint density at radius 2 is 2.04 bits per heavy atom. The molecule has 24 heavy (non-hydrogen) atoms. The molecule has 0 spiro atoms. The van der Waals surface area contributed by atoms with Gasteiger partial charge in [-0.2, -0.15) is 13.2 Å². The van der Waals surface area contributed by atoms with Crippen molar-refractivity contribution in [1.82, 2.24) is 14.9 Å². The van der Waals surface area contributed by atoms with Crippen LogP contribution in [0.25, 0.3) is 0 Å². The molecule has 0 saturated heterocycles. The molecule has 1 aromatic heterocycles. The van der Waals surface area contributed by atoms with Crippen molar-refractivity contribution in [3.63, 3.8) is 0 Å². The van der Waals surface area contributed by atoms with Gasteiger partial charge in [0, 0.05) is 19.4 Å². The van der Waals surface area contributed by atoms with Crippen molar-refractivity contribution in [1.29, 1.82) is 0 Å². The molecule has 2 rings (SSSR count). The lowest BCUT2D eigenvalue weighted by Crippen LogP contribution is -2.32. The van der Waals surface area contributed by atoms with Crippen LogP contribution < -0.4 is 5.32 Å². The molecule has 0 fully saturated rings. The standard InChI is InChI=1S/C17H20F3N3O/c1-3-6-14(16-21-9-10-23(16)2)22-15(24)11-12-7-4-5-8-13(12)17(18,19)20/h4-5,7-10,14H,3,6,11H2,1-2H3,(H,22,24). The Hall–Kier alpha value is -2.31. The molecule has 1 aromatic carbocycles. The Kier molecular flexibility index (Phi) is 5.64. The molecule has 1 atom stereocenters. The van der Waals surface area contributed by atoms with Crippen LogP contribution in [-0.4, -0.2) is 15.5 Å². The first kappa shape index (κ1) is 18.0. The molecule has 0 saturated carbocycles. The summed E-state index contributed by atoms with van der Waals surface area (Å²) in [5.74, 6) is 0.238. The Morgan fingerprint density at radius 1 is 1.33 bits per heavy atom. The zero-order chi connectivity index (χ0) is 17.7. The smallest absolute Gasteiger partial charge is 0.346 e. The van der Waals surface area contributed by atoms with Crippen molar-refractivity contribution in [2.75, 3.05) is 0 Å². The molecule has 0 radical (unpaired) electrons. The van der Waals surface area contributed by atoms with E-state index in [1.807, 2.05) is 14.0 Å². The minimum Gasteiger partial charge on any atom is -0.346 e. The van der Waals surface area contributed by atoms with E-state index in [4.69, 9.17) is 0 Å². The minimum absolute atomic E-state index is 0.0300. The van der Waals surface area contributed by atoms with E-state index < -0.39 is 17.6 Å². The summed E-state index contributed by atoms with van der Waals surface area (Å²) in [5.41, 5.74) is -0.804. The molecule has 1 N–H and O–H groups in total. The van der Waals surface area contributed by atoms with Crippen LogP contribution in [0.3, 0.4) is 0 Å². The topological polar surface area (TPSA) is 46.9 Å². The van der Waals surface area contributed by atoms with Crippen LogP contribution in [0.5, 0.6) is 0 Å². The summed E-state index contributed by atoms with van der Waals surface area (Å²) in [7, 11) is 1.82. The largest absolute Gasteiger partial charge is 0.416 e. The molecule has 1 heterocycles. The van der Waals surface area contributed by atoms with Crippen LogP contribution in [0.15, 0.2) is 36.7 Å². The summed E-state index contributed by atoms with van der Waals surface area (Å²) in [5, 5.41) is 2.80. The summed E-state index contributed by atoms with van der Waals surface area (Å²) in [4.78, 5) is 16.5. The van der Waals surface area contributed by atoms with E-state index in [-0.39, 0.29) is 18.0 Å². The van der Waals surface area contributed by atoms with E-state index in [1.54, 1.807) is 17.0 Å². The average Bonchev–Trinajstić information content (AvgIpc) is 2.92. The van der Waals surface area contributed by atoms with Crippen molar-refractivity contribution in [2.24, 2.45) is 7.05 Å². The second kappa shape index (κ2) is 7.51. The molecular formula is C17H20F3N3O. The van der Waals surface area contributed by atoms with Crippen LogP contribution in [0.2, 0.25) is 0 Å². The lowest BCUT2D eigenvalue weighted by atomic mass is 10.0. The van der Waals surface area contributed by atoms with Gasteiger partial charge in [0.15, 0.2) is 0 Å². The monoisotopic (exact) mass is 339 g/mol. The van der Waals surface area contributed by atoms with Gasteiger partial charge in [0.1, 0.15) is 5.82 Å². The van der Waals surface area contributed by atoms with Crippen molar-refractivity contribution >= 4 is 5.91 Å². The summed E-state index contributed by atoms with van der Waals surface area (Å²) in [6.45, 7) is 1.97. The Bertz CT molecular complexity index is 694. The molecule has 0 aliphatic heterocycles. The maximum atomic E-state index is 13.0. The van der Waals surface area contributed by atoms with E-state index in [9.17, 15) is 18.0 Å². The number of carbonyl (C=O) groups excluding carboxylic acids is 1. The predicted molar refractivity (Wildman–Crippen MR) is 84.1 cm³/mol. The highest BCUT2D eigenvalue weighted by Gasteiger charge is 2.33. The molecule has 1 unspecified atom stereocenters. The molecule has 0 bridgehead atoms. The quantitative estimate of drug-likeness (QED) is 0.873. The molecule has 4 nitrogen and oxygen atoms in total. The second-order valence-electron chi connectivity index (χ2n) is 5.64. The van der Waals surface area contributed by atoms with Gasteiger partial charge in [0.05, 0.1) is 18.0 Å². The number of halogens is 3. The van der Waals surface area contributed by atoms with Crippen molar-refractivity contribution in [3.8, 4) is 0 Å². The number of amides is 1. The molecule has 2 aromatic rings. The molecular weight excluding hydrogens is 319 g/mol. The number of benzene rings is 1. The maximum absolute atomic E-state index is 13.0. The van der Waals surface area contributed by atoms with Gasteiger partial charge in [-0.25, -0.2) is 4.98 Å². The third-order valence-electron chi connectivity index (χ3n) is 3.76. The van der Waals surface area contributed by atoms with E-state index in [1.165, 1.54) is 18.2 Å². The summed E-state index contributed by atoms with van der Waals surface area (Å²) >= 11 is 0.